The molecule has 1 aromatic rings. The van der Waals surface area contributed by atoms with Crippen LogP contribution in [0.1, 0.15) is 19.4 Å². The maximum absolute atomic E-state index is 11.1. The first-order chi connectivity index (χ1) is 8.08. The smallest absolute Gasteiger partial charge is 0.434 e. The lowest BCUT2D eigenvalue weighted by Gasteiger charge is -2.35. The van der Waals surface area contributed by atoms with Crippen molar-refractivity contribution < 1.29 is 14.3 Å². The van der Waals surface area contributed by atoms with E-state index in [1.165, 1.54) is 0 Å². The summed E-state index contributed by atoms with van der Waals surface area (Å²) in [6.45, 7) is 4.41. The van der Waals surface area contributed by atoms with Crippen LogP contribution < -0.4 is 0 Å². The van der Waals surface area contributed by atoms with Crippen LogP contribution in [0.2, 0.25) is 0 Å². The third-order valence-electron chi connectivity index (χ3n) is 2.82. The molecule has 0 saturated carbocycles. The van der Waals surface area contributed by atoms with Crippen molar-refractivity contribution in [3.63, 3.8) is 0 Å². The van der Waals surface area contributed by atoms with Gasteiger partial charge in [-0.3, -0.25) is 0 Å². The van der Waals surface area contributed by atoms with E-state index in [2.05, 4.69) is 0 Å². The molecule has 90 valence electrons. The minimum Gasteiger partial charge on any atom is -0.434 e. The quantitative estimate of drug-likeness (QED) is 0.734. The highest BCUT2D eigenvalue weighted by Crippen LogP contribution is 2.29. The maximum atomic E-state index is 11.1. The van der Waals surface area contributed by atoms with Gasteiger partial charge < -0.3 is 9.47 Å². The number of hydrogen-bond donors (Lipinski definition) is 0. The van der Waals surface area contributed by atoms with Crippen molar-refractivity contribution in [2.75, 3.05) is 6.61 Å². The summed E-state index contributed by atoms with van der Waals surface area (Å²) in [5.41, 5.74) is 0.893. The number of rotatable bonds is 2. The topological polar surface area (TPSA) is 35.5 Å². The Bertz CT molecular complexity index is 420. The van der Waals surface area contributed by atoms with Crippen molar-refractivity contribution in [2.24, 2.45) is 5.41 Å². The van der Waals surface area contributed by atoms with Crippen LogP contribution in [0.25, 0.3) is 6.08 Å². The van der Waals surface area contributed by atoms with Crippen LogP contribution in [0.5, 0.6) is 0 Å². The van der Waals surface area contributed by atoms with Gasteiger partial charge in [0, 0.05) is 5.41 Å². The Labute approximate surface area is 101 Å². The lowest BCUT2D eigenvalue weighted by Crippen LogP contribution is -2.42. The SMILES string of the molecule is CC1(C)COC(=O)OC1/C=C/c1ccccc1. The molecular weight excluding hydrogens is 216 g/mol. The molecule has 0 aromatic heterocycles. The van der Waals surface area contributed by atoms with Gasteiger partial charge >= 0.3 is 6.16 Å². The van der Waals surface area contributed by atoms with Crippen molar-refractivity contribution >= 4 is 12.2 Å². The molecule has 1 aliphatic rings. The monoisotopic (exact) mass is 232 g/mol. The van der Waals surface area contributed by atoms with Crippen LogP contribution in [0.4, 0.5) is 4.79 Å². The van der Waals surface area contributed by atoms with Gasteiger partial charge in [0.2, 0.25) is 0 Å². The Morgan fingerprint density at radius 1 is 1.29 bits per heavy atom. The van der Waals surface area contributed by atoms with Crippen molar-refractivity contribution in [3.05, 3.63) is 42.0 Å². The minimum atomic E-state index is -0.591. The Morgan fingerprint density at radius 2 is 2.00 bits per heavy atom. The van der Waals surface area contributed by atoms with E-state index >= 15 is 0 Å². The first-order valence-electron chi connectivity index (χ1n) is 5.65. The predicted molar refractivity (Wildman–Crippen MR) is 65.5 cm³/mol. The van der Waals surface area contributed by atoms with Crippen LogP contribution >= 0.6 is 0 Å². The number of carbonyl (C=O) groups excluding carboxylic acids is 1. The molecule has 0 amide bonds. The minimum absolute atomic E-state index is 0.195. The summed E-state index contributed by atoms with van der Waals surface area (Å²) in [7, 11) is 0. The van der Waals surface area contributed by atoms with E-state index in [0.29, 0.717) is 6.61 Å². The number of benzene rings is 1. The molecule has 0 radical (unpaired) electrons. The Kier molecular flexibility index (Phi) is 3.18. The molecule has 17 heavy (non-hydrogen) atoms. The fourth-order valence-electron chi connectivity index (χ4n) is 1.69. The second kappa shape index (κ2) is 4.62. The van der Waals surface area contributed by atoms with E-state index in [0.717, 1.165) is 5.56 Å². The second-order valence-electron chi connectivity index (χ2n) is 4.84. The Morgan fingerprint density at radius 3 is 2.71 bits per heavy atom. The summed E-state index contributed by atoms with van der Waals surface area (Å²) in [6, 6.07) is 9.92. The molecule has 3 heteroatoms. The highest BCUT2D eigenvalue weighted by Gasteiger charge is 2.37. The van der Waals surface area contributed by atoms with E-state index in [1.54, 1.807) is 0 Å². The molecule has 0 spiro atoms. The summed E-state index contributed by atoms with van der Waals surface area (Å²) < 4.78 is 10.1. The summed E-state index contributed by atoms with van der Waals surface area (Å²) in [5.74, 6) is 0. The van der Waals surface area contributed by atoms with Gasteiger partial charge in [-0.1, -0.05) is 50.3 Å². The molecule has 0 bridgehead atoms. The highest BCUT2D eigenvalue weighted by atomic mass is 16.7. The van der Waals surface area contributed by atoms with Gasteiger partial charge in [-0.15, -0.1) is 0 Å². The van der Waals surface area contributed by atoms with Crippen LogP contribution in [0.3, 0.4) is 0 Å². The van der Waals surface area contributed by atoms with E-state index in [1.807, 2.05) is 56.3 Å². The van der Waals surface area contributed by atoms with Gasteiger partial charge in [0.05, 0.1) is 0 Å². The van der Waals surface area contributed by atoms with Gasteiger partial charge in [0.15, 0.2) is 0 Å². The first kappa shape index (κ1) is 11.7. The van der Waals surface area contributed by atoms with E-state index in [9.17, 15) is 4.79 Å². The molecule has 1 fully saturated rings. The highest BCUT2D eigenvalue weighted by molar-refractivity contribution is 5.62. The van der Waals surface area contributed by atoms with Crippen molar-refractivity contribution in [1.29, 1.82) is 0 Å². The zero-order chi connectivity index (χ0) is 12.3. The number of ether oxygens (including phenoxy) is 2. The summed E-state index contributed by atoms with van der Waals surface area (Å²) >= 11 is 0. The molecule has 1 aliphatic heterocycles. The zero-order valence-electron chi connectivity index (χ0n) is 10.1. The maximum Gasteiger partial charge on any atom is 0.508 e. The summed E-state index contributed by atoms with van der Waals surface area (Å²) in [6.07, 6.45) is 3.04. The molecule has 0 N–H and O–H groups in total. The average Bonchev–Trinajstić information content (AvgIpc) is 2.32. The van der Waals surface area contributed by atoms with Crippen LogP contribution in [0, 0.1) is 5.41 Å². The summed E-state index contributed by atoms with van der Waals surface area (Å²) in [5, 5.41) is 0. The average molecular weight is 232 g/mol. The molecule has 3 nitrogen and oxygen atoms in total. The van der Waals surface area contributed by atoms with Gasteiger partial charge in [0.1, 0.15) is 12.7 Å². The van der Waals surface area contributed by atoms with E-state index < -0.39 is 6.16 Å². The zero-order valence-corrected chi connectivity index (χ0v) is 10.1. The largest absolute Gasteiger partial charge is 0.508 e. The molecule has 1 saturated heterocycles. The molecule has 1 aromatic carbocycles. The lowest BCUT2D eigenvalue weighted by atomic mass is 9.86. The normalized spacial score (nSPS) is 23.2. The second-order valence-corrected chi connectivity index (χ2v) is 4.84. The predicted octanol–water partition coefficient (Wildman–Crippen LogP) is 3.26. The molecule has 1 unspecified atom stereocenters. The molecule has 1 heterocycles. The number of hydrogen-bond acceptors (Lipinski definition) is 3. The number of cyclic esters (lactones) is 2. The standard InChI is InChI=1S/C14H16O3/c1-14(2)10-16-13(15)17-12(14)9-8-11-6-4-3-5-7-11/h3-9,12H,10H2,1-2H3/b9-8+. The van der Waals surface area contributed by atoms with Gasteiger partial charge in [-0.05, 0) is 11.6 Å². The lowest BCUT2D eigenvalue weighted by molar-refractivity contribution is -0.0755. The van der Waals surface area contributed by atoms with E-state index in [4.69, 9.17) is 9.47 Å². The third-order valence-corrected chi connectivity index (χ3v) is 2.82. The first-order valence-corrected chi connectivity index (χ1v) is 5.65. The molecular formula is C14H16O3. The van der Waals surface area contributed by atoms with Gasteiger partial charge in [-0.25, -0.2) is 4.79 Å². The fraction of sp³-hybridized carbons (Fsp3) is 0.357. The third kappa shape index (κ3) is 2.87. The van der Waals surface area contributed by atoms with Gasteiger partial charge in [0.25, 0.3) is 0 Å². The number of carbonyl (C=O) groups is 1. The molecule has 0 aliphatic carbocycles. The Hall–Kier alpha value is -1.77. The Balaban J connectivity index is 2.11. The van der Waals surface area contributed by atoms with E-state index in [-0.39, 0.29) is 11.5 Å². The van der Waals surface area contributed by atoms with Crippen molar-refractivity contribution in [3.8, 4) is 0 Å². The molecule has 1 atom stereocenters. The molecule has 2 rings (SSSR count). The van der Waals surface area contributed by atoms with Crippen LogP contribution in [0.15, 0.2) is 36.4 Å². The fourth-order valence-corrected chi connectivity index (χ4v) is 1.69. The van der Waals surface area contributed by atoms with Gasteiger partial charge in [-0.2, -0.15) is 0 Å². The van der Waals surface area contributed by atoms with Crippen molar-refractivity contribution in [2.45, 2.75) is 20.0 Å². The van der Waals surface area contributed by atoms with Crippen LogP contribution in [-0.4, -0.2) is 18.9 Å². The summed E-state index contributed by atoms with van der Waals surface area (Å²) in [4.78, 5) is 11.1. The van der Waals surface area contributed by atoms with Crippen LogP contribution in [-0.2, 0) is 9.47 Å². The van der Waals surface area contributed by atoms with Crippen molar-refractivity contribution in [1.82, 2.24) is 0 Å².